The SMILES string of the molecule is CN=C(NCc1nnc2ccccn12)NCC(Nc1ccccc1)C(C)C.I. The standard InChI is InChI=1S/C20H27N7.HI/c1-15(2)17(24-16-9-5-4-6-10-16)13-22-20(21-3)23-14-19-26-25-18-11-7-8-12-27(18)19;/h4-12,15,17,24H,13-14H2,1-3H3,(H2,21,22,23);1H. The van der Waals surface area contributed by atoms with Crippen LogP contribution >= 0.6 is 24.0 Å². The molecule has 0 aliphatic carbocycles. The monoisotopic (exact) mass is 493 g/mol. The highest BCUT2D eigenvalue weighted by molar-refractivity contribution is 14.0. The lowest BCUT2D eigenvalue weighted by Gasteiger charge is -2.25. The fourth-order valence-corrected chi connectivity index (χ4v) is 2.80. The number of nitrogens with one attached hydrogen (secondary N) is 3. The quantitative estimate of drug-likeness (QED) is 0.268. The molecule has 0 radical (unpaired) electrons. The van der Waals surface area contributed by atoms with Crippen LogP contribution in [0.15, 0.2) is 59.7 Å². The third kappa shape index (κ3) is 5.82. The highest BCUT2D eigenvalue weighted by Gasteiger charge is 2.14. The van der Waals surface area contributed by atoms with E-state index in [-0.39, 0.29) is 30.0 Å². The summed E-state index contributed by atoms with van der Waals surface area (Å²) in [5.41, 5.74) is 1.96. The Kier molecular flexibility index (Phi) is 8.49. The summed E-state index contributed by atoms with van der Waals surface area (Å²) in [6, 6.07) is 16.4. The second kappa shape index (κ2) is 10.8. The summed E-state index contributed by atoms with van der Waals surface area (Å²) >= 11 is 0. The maximum Gasteiger partial charge on any atom is 0.191 e. The zero-order valence-corrected chi connectivity index (χ0v) is 18.8. The number of aromatic nitrogens is 3. The summed E-state index contributed by atoms with van der Waals surface area (Å²) in [5, 5.41) is 18.7. The van der Waals surface area contributed by atoms with Gasteiger partial charge >= 0.3 is 0 Å². The van der Waals surface area contributed by atoms with Gasteiger partial charge in [-0.15, -0.1) is 34.2 Å². The van der Waals surface area contributed by atoms with Gasteiger partial charge in [-0.1, -0.05) is 38.1 Å². The molecule has 1 unspecified atom stereocenters. The number of para-hydroxylation sites is 1. The van der Waals surface area contributed by atoms with Crippen molar-refractivity contribution in [3.05, 3.63) is 60.6 Å². The molecule has 0 bridgehead atoms. The number of halogens is 1. The summed E-state index contributed by atoms with van der Waals surface area (Å²) < 4.78 is 1.97. The number of rotatable bonds is 7. The summed E-state index contributed by atoms with van der Waals surface area (Å²) in [6.07, 6.45) is 1.96. The lowest BCUT2D eigenvalue weighted by molar-refractivity contribution is 0.512. The number of aliphatic imine (C=N–C) groups is 1. The Morgan fingerprint density at radius 2 is 1.79 bits per heavy atom. The van der Waals surface area contributed by atoms with Crippen molar-refractivity contribution in [1.29, 1.82) is 0 Å². The predicted octanol–water partition coefficient (Wildman–Crippen LogP) is 3.15. The molecule has 0 aliphatic heterocycles. The molecule has 0 saturated carbocycles. The van der Waals surface area contributed by atoms with Crippen molar-refractivity contribution in [2.45, 2.75) is 26.4 Å². The third-order valence-electron chi connectivity index (χ3n) is 4.44. The van der Waals surface area contributed by atoms with E-state index in [2.05, 4.69) is 57.1 Å². The second-order valence-electron chi connectivity index (χ2n) is 6.71. The number of hydrogen-bond donors (Lipinski definition) is 3. The van der Waals surface area contributed by atoms with Crippen LogP contribution in [0.5, 0.6) is 0 Å². The number of pyridine rings is 1. The molecular weight excluding hydrogens is 465 g/mol. The predicted molar refractivity (Wildman–Crippen MR) is 125 cm³/mol. The van der Waals surface area contributed by atoms with E-state index in [4.69, 9.17) is 0 Å². The Balaban J connectivity index is 0.00000280. The molecule has 0 aliphatic rings. The Morgan fingerprint density at radius 3 is 2.50 bits per heavy atom. The van der Waals surface area contributed by atoms with Gasteiger partial charge in [0, 0.05) is 31.5 Å². The Labute approximate surface area is 183 Å². The van der Waals surface area contributed by atoms with Crippen molar-refractivity contribution in [3.63, 3.8) is 0 Å². The fourth-order valence-electron chi connectivity index (χ4n) is 2.80. The molecule has 28 heavy (non-hydrogen) atoms. The first-order chi connectivity index (χ1) is 13.2. The third-order valence-corrected chi connectivity index (χ3v) is 4.44. The van der Waals surface area contributed by atoms with Gasteiger partial charge in [0.1, 0.15) is 0 Å². The van der Waals surface area contributed by atoms with Crippen LogP contribution in [0.25, 0.3) is 5.65 Å². The molecule has 0 amide bonds. The minimum Gasteiger partial charge on any atom is -0.380 e. The second-order valence-corrected chi connectivity index (χ2v) is 6.71. The lowest BCUT2D eigenvalue weighted by Crippen LogP contribution is -2.44. The van der Waals surface area contributed by atoms with E-state index in [1.807, 2.05) is 47.0 Å². The van der Waals surface area contributed by atoms with Crippen molar-refractivity contribution in [3.8, 4) is 0 Å². The molecule has 0 spiro atoms. The first-order valence-electron chi connectivity index (χ1n) is 9.22. The molecule has 1 atom stereocenters. The molecule has 3 aromatic rings. The molecule has 2 heterocycles. The van der Waals surface area contributed by atoms with Crippen LogP contribution in [0.3, 0.4) is 0 Å². The van der Waals surface area contributed by atoms with Crippen molar-refractivity contribution < 1.29 is 0 Å². The lowest BCUT2D eigenvalue weighted by atomic mass is 10.0. The molecular formula is C20H28IN7. The molecule has 7 nitrogen and oxygen atoms in total. The first-order valence-corrected chi connectivity index (χ1v) is 9.22. The largest absolute Gasteiger partial charge is 0.380 e. The highest BCUT2D eigenvalue weighted by Crippen LogP contribution is 2.11. The van der Waals surface area contributed by atoms with Gasteiger partial charge < -0.3 is 16.0 Å². The van der Waals surface area contributed by atoms with Crippen LogP contribution in [0.1, 0.15) is 19.7 Å². The van der Waals surface area contributed by atoms with E-state index in [0.717, 1.165) is 29.7 Å². The zero-order chi connectivity index (χ0) is 19.1. The molecule has 8 heteroatoms. The Bertz CT molecular complexity index is 876. The number of nitrogens with zero attached hydrogens (tertiary/aromatic N) is 4. The van der Waals surface area contributed by atoms with Crippen molar-refractivity contribution >= 4 is 41.3 Å². The van der Waals surface area contributed by atoms with Gasteiger partial charge in [-0.05, 0) is 30.2 Å². The molecule has 3 rings (SSSR count). The van der Waals surface area contributed by atoms with Gasteiger partial charge in [0.05, 0.1) is 6.54 Å². The first kappa shape index (κ1) is 21.9. The van der Waals surface area contributed by atoms with E-state index < -0.39 is 0 Å². The van der Waals surface area contributed by atoms with E-state index in [1.54, 1.807) is 7.05 Å². The van der Waals surface area contributed by atoms with Crippen LogP contribution in [0.2, 0.25) is 0 Å². The molecule has 2 aromatic heterocycles. The molecule has 1 aromatic carbocycles. The Morgan fingerprint density at radius 1 is 1.04 bits per heavy atom. The summed E-state index contributed by atoms with van der Waals surface area (Å²) in [4.78, 5) is 4.32. The molecule has 150 valence electrons. The van der Waals surface area contributed by atoms with Gasteiger partial charge in [0.15, 0.2) is 17.4 Å². The maximum absolute atomic E-state index is 4.32. The number of benzene rings is 1. The fraction of sp³-hybridized carbons (Fsp3) is 0.350. The van der Waals surface area contributed by atoms with Gasteiger partial charge in [-0.25, -0.2) is 0 Å². The molecule has 0 fully saturated rings. The van der Waals surface area contributed by atoms with Crippen LogP contribution in [0, 0.1) is 5.92 Å². The van der Waals surface area contributed by atoms with Gasteiger partial charge in [-0.3, -0.25) is 9.39 Å². The number of hydrogen-bond acceptors (Lipinski definition) is 4. The molecule has 0 saturated heterocycles. The van der Waals surface area contributed by atoms with Crippen LogP contribution in [-0.2, 0) is 6.54 Å². The van der Waals surface area contributed by atoms with E-state index in [0.29, 0.717) is 12.5 Å². The number of fused-ring (bicyclic) bond motifs is 1. The van der Waals surface area contributed by atoms with E-state index in [1.165, 1.54) is 0 Å². The van der Waals surface area contributed by atoms with E-state index >= 15 is 0 Å². The maximum atomic E-state index is 4.32. The number of guanidine groups is 1. The minimum absolute atomic E-state index is 0. The average Bonchev–Trinajstić information content (AvgIpc) is 3.11. The highest BCUT2D eigenvalue weighted by atomic mass is 127. The van der Waals surface area contributed by atoms with Crippen molar-refractivity contribution in [2.75, 3.05) is 18.9 Å². The topological polar surface area (TPSA) is 78.6 Å². The summed E-state index contributed by atoms with van der Waals surface area (Å²) in [7, 11) is 1.77. The Hall–Kier alpha value is -2.36. The number of anilines is 1. The summed E-state index contributed by atoms with van der Waals surface area (Å²) in [6.45, 7) is 5.72. The van der Waals surface area contributed by atoms with Gasteiger partial charge in [0.25, 0.3) is 0 Å². The average molecular weight is 493 g/mol. The van der Waals surface area contributed by atoms with Crippen molar-refractivity contribution in [1.82, 2.24) is 25.2 Å². The van der Waals surface area contributed by atoms with E-state index in [9.17, 15) is 0 Å². The van der Waals surface area contributed by atoms with Crippen molar-refractivity contribution in [2.24, 2.45) is 10.9 Å². The normalized spacial score (nSPS) is 12.5. The minimum atomic E-state index is 0. The summed E-state index contributed by atoms with van der Waals surface area (Å²) in [5.74, 6) is 2.05. The molecule has 3 N–H and O–H groups in total. The van der Waals surface area contributed by atoms with Crippen LogP contribution in [-0.4, -0.2) is 40.2 Å². The smallest absolute Gasteiger partial charge is 0.191 e. The van der Waals surface area contributed by atoms with Crippen LogP contribution in [0.4, 0.5) is 5.69 Å². The zero-order valence-electron chi connectivity index (χ0n) is 16.5. The van der Waals surface area contributed by atoms with Crippen LogP contribution < -0.4 is 16.0 Å². The van der Waals surface area contributed by atoms with Gasteiger partial charge in [-0.2, -0.15) is 0 Å². The van der Waals surface area contributed by atoms with Gasteiger partial charge in [0.2, 0.25) is 0 Å².